The topological polar surface area (TPSA) is 96.9 Å². The lowest BCUT2D eigenvalue weighted by Crippen LogP contribution is -2.39. The van der Waals surface area contributed by atoms with E-state index in [1.165, 1.54) is 20.3 Å². The summed E-state index contributed by atoms with van der Waals surface area (Å²) in [5.74, 6) is -3.39. The zero-order valence-electron chi connectivity index (χ0n) is 17.2. The number of anilines is 1. The van der Waals surface area contributed by atoms with E-state index in [0.29, 0.717) is 32.6 Å². The number of amides is 1. The largest absolute Gasteiger partial charge is 0.549 e. The Balaban J connectivity index is 2.03. The molecule has 2 aromatic rings. The van der Waals surface area contributed by atoms with Crippen LogP contribution in [0.25, 0.3) is 5.57 Å². The second kappa shape index (κ2) is 9.47. The molecule has 8 heteroatoms. The van der Waals surface area contributed by atoms with Crippen molar-refractivity contribution in [3.63, 3.8) is 0 Å². The number of benzene rings is 2. The minimum Gasteiger partial charge on any atom is -0.549 e. The third kappa shape index (κ3) is 4.71. The molecule has 0 aromatic heterocycles. The normalized spacial score (nSPS) is 17.4. The molecule has 31 heavy (non-hydrogen) atoms. The maximum Gasteiger partial charge on any atom is 0.255 e. The molecule has 1 aliphatic carbocycles. The highest BCUT2D eigenvalue weighted by Gasteiger charge is 2.36. The van der Waals surface area contributed by atoms with E-state index in [9.17, 15) is 14.7 Å². The summed E-state index contributed by atoms with van der Waals surface area (Å²) in [5, 5.41) is 14.8. The van der Waals surface area contributed by atoms with Crippen molar-refractivity contribution in [1.29, 1.82) is 0 Å². The lowest BCUT2D eigenvalue weighted by Gasteiger charge is -2.34. The van der Waals surface area contributed by atoms with E-state index in [1.807, 2.05) is 0 Å². The van der Waals surface area contributed by atoms with Crippen molar-refractivity contribution in [3.05, 3.63) is 76.3 Å². The van der Waals surface area contributed by atoms with Gasteiger partial charge in [-0.1, -0.05) is 34.1 Å². The summed E-state index contributed by atoms with van der Waals surface area (Å²) in [4.78, 5) is 24.7. The van der Waals surface area contributed by atoms with Gasteiger partial charge < -0.3 is 29.4 Å². The predicted molar refractivity (Wildman–Crippen MR) is 118 cm³/mol. The van der Waals surface area contributed by atoms with Crippen LogP contribution in [0.4, 0.5) is 5.69 Å². The van der Waals surface area contributed by atoms with Gasteiger partial charge >= 0.3 is 0 Å². The Labute approximate surface area is 188 Å². The Bertz CT molecular complexity index is 1040. The molecule has 1 aliphatic rings. The smallest absolute Gasteiger partial charge is 0.255 e. The molecule has 0 spiro atoms. The SMILES string of the molecule is COc1ccc(C(=O)Nc2ccccc2C2=CC(OC)(OC)C=C(Br)C2C(=O)[O-])cc1. The van der Waals surface area contributed by atoms with Crippen LogP contribution < -0.4 is 15.2 Å². The standard InChI is InChI=1S/C23H22BrNO6/c1-29-15-10-8-14(9-11-15)21(26)25-19-7-5-4-6-16(19)17-12-23(30-2,31-3)13-18(24)20(17)22(27)28/h4-13,20H,1-3H3,(H,25,26)(H,27,28)/p-1. The van der Waals surface area contributed by atoms with Gasteiger partial charge in [0.15, 0.2) is 0 Å². The Morgan fingerprint density at radius 1 is 1.00 bits per heavy atom. The lowest BCUT2D eigenvalue weighted by molar-refractivity contribution is -0.307. The number of rotatable bonds is 7. The van der Waals surface area contributed by atoms with Gasteiger partial charge in [0.2, 0.25) is 5.79 Å². The van der Waals surface area contributed by atoms with Crippen molar-refractivity contribution >= 4 is 39.1 Å². The van der Waals surface area contributed by atoms with E-state index in [4.69, 9.17) is 14.2 Å². The molecule has 0 heterocycles. The Hall–Kier alpha value is -2.94. The van der Waals surface area contributed by atoms with Crippen LogP contribution in [0.15, 0.2) is 65.2 Å². The summed E-state index contributed by atoms with van der Waals surface area (Å²) in [6.45, 7) is 0. The summed E-state index contributed by atoms with van der Waals surface area (Å²) in [5.41, 5.74) is 1.73. The van der Waals surface area contributed by atoms with Gasteiger partial charge in [-0.15, -0.1) is 0 Å². The van der Waals surface area contributed by atoms with Crippen LogP contribution in [0.2, 0.25) is 0 Å². The summed E-state index contributed by atoms with van der Waals surface area (Å²) in [6.07, 6.45) is 3.09. The number of nitrogens with one attached hydrogen (secondary N) is 1. The van der Waals surface area contributed by atoms with Gasteiger partial charge in [-0.2, -0.15) is 0 Å². The molecule has 1 N–H and O–H groups in total. The zero-order chi connectivity index (χ0) is 22.6. The molecule has 0 saturated carbocycles. The third-order valence-electron chi connectivity index (χ3n) is 4.99. The van der Waals surface area contributed by atoms with Crippen LogP contribution in [0.3, 0.4) is 0 Å². The van der Waals surface area contributed by atoms with E-state index in [0.717, 1.165) is 0 Å². The van der Waals surface area contributed by atoms with Crippen LogP contribution in [-0.2, 0) is 14.3 Å². The first kappa shape index (κ1) is 22.7. The van der Waals surface area contributed by atoms with Crippen molar-refractivity contribution in [1.82, 2.24) is 0 Å². The quantitative estimate of drug-likeness (QED) is 0.604. The van der Waals surface area contributed by atoms with Crippen molar-refractivity contribution in [2.24, 2.45) is 5.92 Å². The Kier molecular flexibility index (Phi) is 6.94. The summed E-state index contributed by atoms with van der Waals surface area (Å²) in [7, 11) is 4.44. The number of methoxy groups -OCH3 is 3. The number of carboxylic acid groups (broad SMARTS) is 1. The zero-order valence-corrected chi connectivity index (χ0v) is 18.8. The average Bonchev–Trinajstić information content (AvgIpc) is 2.78. The number of para-hydroxylation sites is 1. The first-order chi connectivity index (χ1) is 14.8. The first-order valence-corrected chi connectivity index (χ1v) is 10.1. The summed E-state index contributed by atoms with van der Waals surface area (Å²) in [6, 6.07) is 13.6. The van der Waals surface area contributed by atoms with Crippen LogP contribution in [-0.4, -0.2) is 39.0 Å². The van der Waals surface area contributed by atoms with Crippen molar-refractivity contribution < 1.29 is 28.9 Å². The van der Waals surface area contributed by atoms with Gasteiger partial charge in [-0.05, 0) is 48.1 Å². The first-order valence-electron chi connectivity index (χ1n) is 9.31. The monoisotopic (exact) mass is 486 g/mol. The van der Waals surface area contributed by atoms with E-state index in [2.05, 4.69) is 21.2 Å². The van der Waals surface area contributed by atoms with E-state index in [-0.39, 0.29) is 5.91 Å². The van der Waals surface area contributed by atoms with Gasteiger partial charge in [0, 0.05) is 35.5 Å². The average molecular weight is 487 g/mol. The van der Waals surface area contributed by atoms with Crippen LogP contribution >= 0.6 is 15.9 Å². The second-order valence-corrected chi connectivity index (χ2v) is 7.65. The molecule has 0 bridgehead atoms. The maximum atomic E-state index is 12.8. The summed E-state index contributed by atoms with van der Waals surface area (Å²) < 4.78 is 16.4. The van der Waals surface area contributed by atoms with Crippen LogP contribution in [0.5, 0.6) is 5.75 Å². The molecular weight excluding hydrogens is 466 g/mol. The van der Waals surface area contributed by atoms with E-state index >= 15 is 0 Å². The van der Waals surface area contributed by atoms with Gasteiger partial charge in [-0.25, -0.2) is 0 Å². The van der Waals surface area contributed by atoms with Gasteiger partial charge in [0.25, 0.3) is 5.91 Å². The van der Waals surface area contributed by atoms with Gasteiger partial charge in [0.05, 0.1) is 19.0 Å². The number of ether oxygens (including phenoxy) is 3. The minimum absolute atomic E-state index is 0.324. The number of hydrogen-bond donors (Lipinski definition) is 1. The summed E-state index contributed by atoms with van der Waals surface area (Å²) >= 11 is 3.32. The Morgan fingerprint density at radius 2 is 1.65 bits per heavy atom. The van der Waals surface area contributed by atoms with Gasteiger partial charge in [0.1, 0.15) is 5.75 Å². The number of halogens is 1. The molecule has 7 nitrogen and oxygen atoms in total. The lowest BCUT2D eigenvalue weighted by atomic mass is 9.85. The van der Waals surface area contributed by atoms with Crippen molar-refractivity contribution in [2.45, 2.75) is 5.79 Å². The predicted octanol–water partition coefficient (Wildman–Crippen LogP) is 2.98. The van der Waals surface area contributed by atoms with Crippen molar-refractivity contribution in [3.8, 4) is 5.75 Å². The molecule has 1 unspecified atom stereocenters. The molecule has 0 aliphatic heterocycles. The van der Waals surface area contributed by atoms with Crippen LogP contribution in [0.1, 0.15) is 15.9 Å². The molecule has 0 radical (unpaired) electrons. The number of carboxylic acids is 1. The third-order valence-corrected chi connectivity index (χ3v) is 5.68. The van der Waals surface area contributed by atoms with Gasteiger partial charge in [-0.3, -0.25) is 4.79 Å². The minimum atomic E-state index is -1.30. The molecule has 1 atom stereocenters. The highest BCUT2D eigenvalue weighted by Crippen LogP contribution is 2.42. The number of aliphatic carboxylic acids is 1. The molecule has 162 valence electrons. The van der Waals surface area contributed by atoms with E-state index < -0.39 is 17.7 Å². The fraction of sp³-hybridized carbons (Fsp3) is 0.217. The number of hydrogen-bond acceptors (Lipinski definition) is 6. The molecule has 1 amide bonds. The van der Waals surface area contributed by atoms with E-state index in [1.54, 1.807) is 61.7 Å². The highest BCUT2D eigenvalue weighted by molar-refractivity contribution is 9.11. The molecule has 0 fully saturated rings. The van der Waals surface area contributed by atoms with Crippen LogP contribution in [0, 0.1) is 5.92 Å². The maximum absolute atomic E-state index is 12.8. The highest BCUT2D eigenvalue weighted by atomic mass is 79.9. The number of carbonyl (C=O) groups is 2. The molecular formula is C23H21BrNO6-. The fourth-order valence-corrected chi connectivity index (χ4v) is 4.09. The number of carbonyl (C=O) groups excluding carboxylic acids is 2. The molecule has 3 rings (SSSR count). The van der Waals surface area contributed by atoms with Crippen molar-refractivity contribution in [2.75, 3.05) is 26.6 Å². The molecule has 0 saturated heterocycles. The fourth-order valence-electron chi connectivity index (χ4n) is 3.34. The second-order valence-electron chi connectivity index (χ2n) is 6.74. The molecule has 2 aromatic carbocycles. The Morgan fingerprint density at radius 3 is 2.23 bits per heavy atom.